The van der Waals surface area contributed by atoms with E-state index in [-0.39, 0.29) is 23.2 Å². The van der Waals surface area contributed by atoms with Gasteiger partial charge in [-0.1, -0.05) is 0 Å². The molecule has 8 heteroatoms. The molecule has 5 atom stereocenters. The molecular formula is C27H40AsN3O3Si. The van der Waals surface area contributed by atoms with E-state index in [0.29, 0.717) is 10.6 Å². The fraction of sp³-hybridized carbons (Fsp3) is 0.593. The first kappa shape index (κ1) is 26.4. The molecule has 6 nitrogen and oxygen atoms in total. The Morgan fingerprint density at radius 2 is 1.97 bits per heavy atom. The van der Waals surface area contributed by atoms with Gasteiger partial charge in [0.05, 0.1) is 0 Å². The molecule has 0 saturated heterocycles. The van der Waals surface area contributed by atoms with Crippen LogP contribution in [0.3, 0.4) is 0 Å². The van der Waals surface area contributed by atoms with E-state index in [1.54, 1.807) is 6.33 Å². The fourth-order valence-electron chi connectivity index (χ4n) is 4.86. The Bertz CT molecular complexity index is 1040. The minimum atomic E-state index is -1.82. The predicted octanol–water partition coefficient (Wildman–Crippen LogP) is 4.37. The molecule has 1 N–H and O–H groups in total. The van der Waals surface area contributed by atoms with Crippen LogP contribution in [0.25, 0.3) is 0 Å². The summed E-state index contributed by atoms with van der Waals surface area (Å²) in [6, 6.07) is 11.0. The van der Waals surface area contributed by atoms with E-state index in [1.165, 1.54) is 35.4 Å². The standard InChI is InChI=1S/C27H40AsN3O3Si/c1-18(32)34-24-14-19(16-33-35(5,6)27(2,3)4)13-23(24)31-26-15-25(29-17-30-26)28-22-12-11-20-9-7-8-10-21(20)22/h7-10,15,17,19,22-24,28H,11-14,16H2,1-6H3,(H,29,30,31)/t19-,22+,23-,24-/m1/s1. The quantitative estimate of drug-likeness (QED) is 0.384. The van der Waals surface area contributed by atoms with Gasteiger partial charge in [0, 0.05) is 0 Å². The van der Waals surface area contributed by atoms with Gasteiger partial charge in [0.2, 0.25) is 0 Å². The summed E-state index contributed by atoms with van der Waals surface area (Å²) in [4.78, 5) is 20.9. The first-order valence-corrected chi connectivity index (χ1v) is 17.9. The van der Waals surface area contributed by atoms with Crippen LogP contribution in [-0.4, -0.2) is 58.8 Å². The number of aryl methyl sites for hydroxylation is 1. The Kier molecular flexibility index (Phi) is 8.09. The van der Waals surface area contributed by atoms with Crippen LogP contribution < -0.4 is 9.80 Å². The third-order valence-electron chi connectivity index (χ3n) is 7.86. The molecule has 2 aliphatic rings. The van der Waals surface area contributed by atoms with Crippen LogP contribution in [-0.2, 0) is 20.4 Å². The summed E-state index contributed by atoms with van der Waals surface area (Å²) < 4.78 is 14.0. The number of ether oxygens (including phenoxy) is 1. The first-order valence-electron chi connectivity index (χ1n) is 12.8. The molecule has 1 aromatic heterocycles. The van der Waals surface area contributed by atoms with Crippen molar-refractivity contribution in [2.45, 2.75) is 88.4 Å². The van der Waals surface area contributed by atoms with Crippen LogP contribution >= 0.6 is 0 Å². The summed E-state index contributed by atoms with van der Waals surface area (Å²) >= 11 is -0.419. The van der Waals surface area contributed by atoms with Gasteiger partial charge in [-0.05, 0) is 0 Å². The van der Waals surface area contributed by atoms with Crippen LogP contribution in [0, 0.1) is 5.92 Å². The molecule has 0 bridgehead atoms. The summed E-state index contributed by atoms with van der Waals surface area (Å²) in [5, 5.41) is 3.77. The number of nitrogens with one attached hydrogen (secondary N) is 1. The molecule has 2 aliphatic carbocycles. The number of benzene rings is 1. The molecule has 1 saturated carbocycles. The van der Waals surface area contributed by atoms with Gasteiger partial charge in [0.15, 0.2) is 0 Å². The van der Waals surface area contributed by atoms with Crippen molar-refractivity contribution in [3.63, 3.8) is 0 Å². The van der Waals surface area contributed by atoms with Crippen LogP contribution in [0.4, 0.5) is 5.82 Å². The molecule has 0 amide bonds. The zero-order chi connectivity index (χ0) is 25.2. The first-order chi connectivity index (χ1) is 16.5. The van der Waals surface area contributed by atoms with Gasteiger partial charge in [0.1, 0.15) is 0 Å². The third-order valence-corrected chi connectivity index (χ3v) is 15.5. The van der Waals surface area contributed by atoms with Crippen LogP contribution in [0.15, 0.2) is 36.7 Å². The molecule has 0 aliphatic heterocycles. The number of carbonyl (C=O) groups excluding carboxylic acids is 1. The molecular weight excluding hydrogens is 517 g/mol. The van der Waals surface area contributed by atoms with Crippen molar-refractivity contribution in [2.24, 2.45) is 5.92 Å². The molecule has 0 radical (unpaired) electrons. The van der Waals surface area contributed by atoms with Crippen LogP contribution in [0.1, 0.15) is 62.8 Å². The molecule has 1 fully saturated rings. The average molecular weight is 558 g/mol. The molecule has 1 heterocycles. The Labute approximate surface area is 217 Å². The number of nitrogens with zero attached hydrogens (tertiary/aromatic N) is 2. The summed E-state index contributed by atoms with van der Waals surface area (Å²) in [6.07, 6.45) is 5.62. The van der Waals surface area contributed by atoms with Crippen LogP contribution in [0.5, 0.6) is 0 Å². The zero-order valence-corrected chi connectivity index (χ0v) is 25.0. The maximum atomic E-state index is 11.8. The number of carbonyl (C=O) groups is 1. The molecule has 4 rings (SSSR count). The topological polar surface area (TPSA) is 73.3 Å². The third kappa shape index (κ3) is 6.55. The normalized spacial score (nSPS) is 24.6. The van der Waals surface area contributed by atoms with Crippen molar-refractivity contribution in [1.82, 2.24) is 9.97 Å². The maximum absolute atomic E-state index is 11.8. The van der Waals surface area contributed by atoms with E-state index in [4.69, 9.17) is 9.16 Å². The van der Waals surface area contributed by atoms with Gasteiger partial charge in [-0.2, -0.15) is 0 Å². The van der Waals surface area contributed by atoms with Crippen molar-refractivity contribution >= 4 is 40.3 Å². The number of esters is 1. The Hall–Kier alpha value is -1.69. The molecule has 35 heavy (non-hydrogen) atoms. The second kappa shape index (κ2) is 10.7. The van der Waals surface area contributed by atoms with E-state index in [9.17, 15) is 4.79 Å². The number of fused-ring (bicyclic) bond motifs is 1. The second-order valence-corrected chi connectivity index (χ2v) is 19.5. The number of rotatable bonds is 8. The summed E-state index contributed by atoms with van der Waals surface area (Å²) in [5.74, 6) is 0.955. The van der Waals surface area contributed by atoms with Gasteiger partial charge in [-0.3, -0.25) is 0 Å². The number of anilines is 1. The van der Waals surface area contributed by atoms with E-state index in [1.807, 2.05) is 0 Å². The van der Waals surface area contributed by atoms with Crippen molar-refractivity contribution in [2.75, 3.05) is 11.9 Å². The Balaban J connectivity index is 1.41. The van der Waals surface area contributed by atoms with Gasteiger partial charge in [0.25, 0.3) is 0 Å². The van der Waals surface area contributed by atoms with Crippen molar-refractivity contribution in [3.8, 4) is 0 Å². The molecule has 0 spiro atoms. The monoisotopic (exact) mass is 557 g/mol. The summed E-state index contributed by atoms with van der Waals surface area (Å²) in [7, 11) is -1.82. The fourth-order valence-corrected chi connectivity index (χ4v) is 8.96. The average Bonchev–Trinajstić information content (AvgIpc) is 3.35. The zero-order valence-electron chi connectivity index (χ0n) is 21.9. The SMILES string of the molecule is CC(=O)O[C@@H]1C[C@H](CO[Si](C)(C)C(C)(C)C)C[C@H]1Nc1cc([AsH][C@H]2CCc3ccccc32)ncn1. The van der Waals surface area contributed by atoms with E-state index in [0.717, 1.165) is 25.3 Å². The van der Waals surface area contributed by atoms with E-state index >= 15 is 0 Å². The van der Waals surface area contributed by atoms with Gasteiger partial charge < -0.3 is 0 Å². The Morgan fingerprint density at radius 1 is 1.20 bits per heavy atom. The van der Waals surface area contributed by atoms with Crippen LogP contribution in [0.2, 0.25) is 18.1 Å². The van der Waals surface area contributed by atoms with Gasteiger partial charge >= 0.3 is 218 Å². The molecule has 2 aromatic rings. The Morgan fingerprint density at radius 3 is 2.71 bits per heavy atom. The van der Waals surface area contributed by atoms with Crippen molar-refractivity contribution in [1.29, 1.82) is 0 Å². The van der Waals surface area contributed by atoms with E-state index < -0.39 is 24.1 Å². The van der Waals surface area contributed by atoms with Gasteiger partial charge in [-0.15, -0.1) is 0 Å². The summed E-state index contributed by atoms with van der Waals surface area (Å²) in [6.45, 7) is 13.6. The second-order valence-electron chi connectivity index (χ2n) is 11.5. The number of hydrogen-bond donors (Lipinski definition) is 1. The van der Waals surface area contributed by atoms with Gasteiger partial charge in [-0.25, -0.2) is 0 Å². The number of hydrogen-bond acceptors (Lipinski definition) is 6. The molecule has 1 aromatic carbocycles. The van der Waals surface area contributed by atoms with Crippen molar-refractivity contribution < 1.29 is 14.0 Å². The number of aromatic nitrogens is 2. The minimum absolute atomic E-state index is 0.0295. The molecule has 1 unspecified atom stereocenters. The van der Waals surface area contributed by atoms with E-state index in [2.05, 4.69) is 79.5 Å². The predicted molar refractivity (Wildman–Crippen MR) is 145 cm³/mol. The van der Waals surface area contributed by atoms with Crippen molar-refractivity contribution in [3.05, 3.63) is 47.8 Å². The molecule has 190 valence electrons. The summed E-state index contributed by atoms with van der Waals surface area (Å²) in [5.41, 5.74) is 3.01.